The van der Waals surface area contributed by atoms with E-state index in [1.54, 1.807) is 24.3 Å². The molecule has 2 N–H and O–H groups in total. The van der Waals surface area contributed by atoms with Gasteiger partial charge in [-0.2, -0.15) is 0 Å². The fraction of sp³-hybridized carbons (Fsp3) is 0.200. The number of amides is 2. The van der Waals surface area contributed by atoms with Crippen LogP contribution >= 0.6 is 0 Å². The number of benzene rings is 3. The molecule has 0 aliphatic heterocycles. The monoisotopic (exact) mass is 402 g/mol. The van der Waals surface area contributed by atoms with E-state index in [1.807, 2.05) is 68.4 Å². The smallest absolute Gasteiger partial charge is 0.265 e. The van der Waals surface area contributed by atoms with E-state index in [-0.39, 0.29) is 11.8 Å². The molecule has 30 heavy (non-hydrogen) atoms. The van der Waals surface area contributed by atoms with Gasteiger partial charge >= 0.3 is 0 Å². The summed E-state index contributed by atoms with van der Waals surface area (Å²) < 4.78 is 5.83. The van der Waals surface area contributed by atoms with Crippen molar-refractivity contribution in [3.05, 3.63) is 90.0 Å². The lowest BCUT2D eigenvalue weighted by molar-refractivity contribution is -0.122. The van der Waals surface area contributed by atoms with E-state index in [1.165, 1.54) is 0 Å². The van der Waals surface area contributed by atoms with Gasteiger partial charge in [0.05, 0.1) is 6.42 Å². The Balaban J connectivity index is 1.59. The van der Waals surface area contributed by atoms with E-state index < -0.39 is 6.10 Å². The molecule has 3 aromatic carbocycles. The number of nitrogens with one attached hydrogen (secondary N) is 2. The molecule has 0 saturated heterocycles. The summed E-state index contributed by atoms with van der Waals surface area (Å²) in [7, 11) is 0. The summed E-state index contributed by atoms with van der Waals surface area (Å²) in [6.07, 6.45) is 0.219. The molecule has 5 nitrogen and oxygen atoms in total. The molecule has 0 aliphatic rings. The molecule has 3 rings (SSSR count). The lowest BCUT2D eigenvalue weighted by Gasteiger charge is -2.18. The largest absolute Gasteiger partial charge is 0.481 e. The predicted octanol–water partition coefficient (Wildman–Crippen LogP) is 4.97. The first-order chi connectivity index (χ1) is 14.5. The predicted molar refractivity (Wildman–Crippen MR) is 120 cm³/mol. The third-order valence-corrected chi connectivity index (χ3v) is 4.58. The molecule has 0 radical (unpaired) electrons. The van der Waals surface area contributed by atoms with Gasteiger partial charge in [0, 0.05) is 11.4 Å². The first kappa shape index (κ1) is 21.1. The third-order valence-electron chi connectivity index (χ3n) is 4.58. The molecule has 0 aliphatic carbocycles. The van der Waals surface area contributed by atoms with E-state index in [4.69, 9.17) is 4.74 Å². The van der Waals surface area contributed by atoms with E-state index in [2.05, 4.69) is 10.6 Å². The minimum Gasteiger partial charge on any atom is -0.481 e. The Labute approximate surface area is 177 Å². The van der Waals surface area contributed by atoms with Gasteiger partial charge < -0.3 is 15.4 Å². The van der Waals surface area contributed by atoms with Crippen LogP contribution in [0.5, 0.6) is 5.75 Å². The van der Waals surface area contributed by atoms with Crippen LogP contribution in [-0.4, -0.2) is 17.9 Å². The molecule has 3 aromatic rings. The Morgan fingerprint density at radius 1 is 0.867 bits per heavy atom. The number of hydrogen-bond acceptors (Lipinski definition) is 3. The second kappa shape index (κ2) is 10.3. The Hall–Kier alpha value is -3.60. The van der Waals surface area contributed by atoms with Crippen LogP contribution in [-0.2, 0) is 16.0 Å². The highest BCUT2D eigenvalue weighted by molar-refractivity contribution is 5.96. The van der Waals surface area contributed by atoms with Crippen molar-refractivity contribution in [2.24, 2.45) is 0 Å². The van der Waals surface area contributed by atoms with Crippen molar-refractivity contribution in [3.63, 3.8) is 0 Å². The maximum absolute atomic E-state index is 12.7. The lowest BCUT2D eigenvalue weighted by atomic mass is 10.1. The molecule has 2 amide bonds. The van der Waals surface area contributed by atoms with Crippen molar-refractivity contribution < 1.29 is 14.3 Å². The average molecular weight is 402 g/mol. The van der Waals surface area contributed by atoms with Gasteiger partial charge in [-0.1, -0.05) is 61.0 Å². The second-order valence-corrected chi connectivity index (χ2v) is 7.11. The summed E-state index contributed by atoms with van der Waals surface area (Å²) in [6, 6.07) is 24.2. The fourth-order valence-corrected chi connectivity index (χ4v) is 2.99. The van der Waals surface area contributed by atoms with Crippen molar-refractivity contribution in [2.75, 3.05) is 10.6 Å². The second-order valence-electron chi connectivity index (χ2n) is 7.11. The minimum atomic E-state index is -0.607. The SMILES string of the molecule is CCC(Oc1ccc(C)cc1)C(=O)Nc1cccc(NC(=O)Cc2ccccc2)c1. The first-order valence-corrected chi connectivity index (χ1v) is 10.0. The molecular weight excluding hydrogens is 376 g/mol. The van der Waals surface area contributed by atoms with Crippen molar-refractivity contribution >= 4 is 23.2 Å². The molecule has 5 heteroatoms. The van der Waals surface area contributed by atoms with Crippen LogP contribution in [0.1, 0.15) is 24.5 Å². The van der Waals surface area contributed by atoms with E-state index >= 15 is 0 Å². The maximum atomic E-state index is 12.7. The highest BCUT2D eigenvalue weighted by Gasteiger charge is 2.18. The molecule has 0 aromatic heterocycles. The van der Waals surface area contributed by atoms with Crippen molar-refractivity contribution in [2.45, 2.75) is 32.8 Å². The zero-order valence-electron chi connectivity index (χ0n) is 17.2. The summed E-state index contributed by atoms with van der Waals surface area (Å²) in [5.41, 5.74) is 3.30. The van der Waals surface area contributed by atoms with Gasteiger partial charge in [0.1, 0.15) is 5.75 Å². The highest BCUT2D eigenvalue weighted by atomic mass is 16.5. The Morgan fingerprint density at radius 2 is 1.53 bits per heavy atom. The summed E-state index contributed by atoms with van der Waals surface area (Å²) >= 11 is 0. The molecule has 154 valence electrons. The van der Waals surface area contributed by atoms with Gasteiger partial charge in [0.2, 0.25) is 5.91 Å². The van der Waals surface area contributed by atoms with E-state index in [0.29, 0.717) is 30.0 Å². The number of rotatable bonds is 8. The molecule has 0 bridgehead atoms. The maximum Gasteiger partial charge on any atom is 0.265 e. The number of anilines is 2. The Bertz CT molecular complexity index is 985. The van der Waals surface area contributed by atoms with E-state index in [9.17, 15) is 9.59 Å². The number of carbonyl (C=O) groups is 2. The van der Waals surface area contributed by atoms with Crippen molar-refractivity contribution in [3.8, 4) is 5.75 Å². The van der Waals surface area contributed by atoms with E-state index in [0.717, 1.165) is 11.1 Å². The van der Waals surface area contributed by atoms with Crippen LogP contribution in [0.2, 0.25) is 0 Å². The number of ether oxygens (including phenoxy) is 1. The summed E-state index contributed by atoms with van der Waals surface area (Å²) in [6.45, 7) is 3.90. The van der Waals surface area contributed by atoms with Gasteiger partial charge in [-0.25, -0.2) is 0 Å². The number of hydrogen-bond donors (Lipinski definition) is 2. The lowest BCUT2D eigenvalue weighted by Crippen LogP contribution is -2.32. The van der Waals surface area contributed by atoms with Gasteiger partial charge in [0.15, 0.2) is 6.10 Å². The topological polar surface area (TPSA) is 67.4 Å². The Morgan fingerprint density at radius 3 is 2.20 bits per heavy atom. The zero-order valence-corrected chi connectivity index (χ0v) is 17.2. The van der Waals surface area contributed by atoms with Crippen LogP contribution in [0.4, 0.5) is 11.4 Å². The van der Waals surface area contributed by atoms with Gasteiger partial charge in [-0.15, -0.1) is 0 Å². The highest BCUT2D eigenvalue weighted by Crippen LogP contribution is 2.18. The summed E-state index contributed by atoms with van der Waals surface area (Å²) in [4.78, 5) is 24.9. The van der Waals surface area contributed by atoms with Crippen molar-refractivity contribution in [1.82, 2.24) is 0 Å². The summed E-state index contributed by atoms with van der Waals surface area (Å²) in [5.74, 6) is 0.314. The van der Waals surface area contributed by atoms with Crippen molar-refractivity contribution in [1.29, 1.82) is 0 Å². The average Bonchev–Trinajstić information content (AvgIpc) is 2.74. The number of aryl methyl sites for hydroxylation is 1. The fourth-order valence-electron chi connectivity index (χ4n) is 2.99. The van der Waals surface area contributed by atoms with Crippen LogP contribution in [0, 0.1) is 6.92 Å². The van der Waals surface area contributed by atoms with Crippen LogP contribution < -0.4 is 15.4 Å². The molecule has 0 heterocycles. The molecule has 0 spiro atoms. The van der Waals surface area contributed by atoms with Crippen LogP contribution in [0.3, 0.4) is 0 Å². The Kier molecular flexibility index (Phi) is 7.22. The standard InChI is InChI=1S/C25H26N2O3/c1-3-23(30-22-14-12-18(2)13-15-22)25(29)27-21-11-7-10-20(17-21)26-24(28)16-19-8-5-4-6-9-19/h4-15,17,23H,3,16H2,1-2H3,(H,26,28)(H,27,29). The van der Waals surface area contributed by atoms with Gasteiger partial charge in [-0.05, 0) is 49.2 Å². The van der Waals surface area contributed by atoms with Gasteiger partial charge in [0.25, 0.3) is 5.91 Å². The first-order valence-electron chi connectivity index (χ1n) is 10.0. The zero-order chi connectivity index (χ0) is 21.3. The molecular formula is C25H26N2O3. The normalized spacial score (nSPS) is 11.4. The minimum absolute atomic E-state index is 0.112. The van der Waals surface area contributed by atoms with Crippen LogP contribution in [0.25, 0.3) is 0 Å². The van der Waals surface area contributed by atoms with Gasteiger partial charge in [-0.3, -0.25) is 9.59 Å². The third kappa shape index (κ3) is 6.21. The molecule has 1 unspecified atom stereocenters. The summed E-state index contributed by atoms with van der Waals surface area (Å²) in [5, 5.41) is 5.74. The molecule has 1 atom stereocenters. The van der Waals surface area contributed by atoms with Crippen LogP contribution in [0.15, 0.2) is 78.9 Å². The quantitative estimate of drug-likeness (QED) is 0.559. The number of carbonyl (C=O) groups excluding carboxylic acids is 2. The molecule has 0 fully saturated rings. The molecule has 0 saturated carbocycles.